The number of nitrogens with zero attached hydrogens (tertiary/aromatic N) is 4. The molecular formula is C24H21F2N4O4-. The molecule has 3 heterocycles. The lowest BCUT2D eigenvalue weighted by molar-refractivity contribution is -0.255. The largest absolute Gasteiger partial charge is 0.545 e. The van der Waals surface area contributed by atoms with Gasteiger partial charge in [0, 0.05) is 41.9 Å². The van der Waals surface area contributed by atoms with E-state index in [1.165, 1.54) is 18.3 Å². The van der Waals surface area contributed by atoms with Gasteiger partial charge in [-0.2, -0.15) is 0 Å². The maximum Gasteiger partial charge on any atom is 0.278 e. The van der Waals surface area contributed by atoms with Gasteiger partial charge in [0.05, 0.1) is 23.4 Å². The molecule has 34 heavy (non-hydrogen) atoms. The number of amides is 1. The third-order valence-electron chi connectivity index (χ3n) is 5.55. The smallest absolute Gasteiger partial charge is 0.278 e. The Morgan fingerprint density at radius 1 is 1.24 bits per heavy atom. The summed E-state index contributed by atoms with van der Waals surface area (Å²) >= 11 is 0. The summed E-state index contributed by atoms with van der Waals surface area (Å²) < 4.78 is 31.2. The van der Waals surface area contributed by atoms with Crippen molar-refractivity contribution >= 4 is 11.9 Å². The van der Waals surface area contributed by atoms with Crippen LogP contribution in [0, 0.1) is 6.92 Å². The number of hydrogen-bond acceptors (Lipinski definition) is 7. The zero-order valence-corrected chi connectivity index (χ0v) is 18.7. The van der Waals surface area contributed by atoms with Crippen LogP contribution in [-0.4, -0.2) is 44.5 Å². The minimum atomic E-state index is -2.99. The Labute approximate surface area is 194 Å². The van der Waals surface area contributed by atoms with Crippen LogP contribution in [0.4, 0.5) is 8.78 Å². The van der Waals surface area contributed by atoms with E-state index in [2.05, 4.69) is 15.2 Å². The van der Waals surface area contributed by atoms with Gasteiger partial charge >= 0.3 is 0 Å². The molecule has 0 spiro atoms. The highest BCUT2D eigenvalue weighted by Crippen LogP contribution is 2.33. The van der Waals surface area contributed by atoms with Gasteiger partial charge in [0.25, 0.3) is 11.8 Å². The molecule has 10 heteroatoms. The van der Waals surface area contributed by atoms with E-state index in [0.717, 1.165) is 12.5 Å². The zero-order chi connectivity index (χ0) is 24.6. The Morgan fingerprint density at radius 3 is 2.68 bits per heavy atom. The van der Waals surface area contributed by atoms with Crippen LogP contribution in [0.1, 0.15) is 57.4 Å². The van der Waals surface area contributed by atoms with Crippen LogP contribution < -0.4 is 9.84 Å². The zero-order valence-electron chi connectivity index (χ0n) is 18.7. The number of aromatic nitrogens is 3. The van der Waals surface area contributed by atoms with E-state index in [1.54, 1.807) is 43.0 Å². The van der Waals surface area contributed by atoms with Crippen molar-refractivity contribution in [2.75, 3.05) is 6.61 Å². The number of rotatable bonds is 7. The minimum Gasteiger partial charge on any atom is -0.545 e. The summed E-state index contributed by atoms with van der Waals surface area (Å²) in [6.07, 6.45) is 1.37. The molecule has 0 aliphatic carbocycles. The number of aromatic carboxylic acids is 1. The summed E-state index contributed by atoms with van der Waals surface area (Å²) in [6.45, 7) is 3.78. The Bertz CT molecular complexity index is 1280. The number of ether oxygens (including phenoxy) is 1. The van der Waals surface area contributed by atoms with E-state index >= 15 is 0 Å². The van der Waals surface area contributed by atoms with Crippen molar-refractivity contribution < 1.29 is 28.2 Å². The highest BCUT2D eigenvalue weighted by Gasteiger charge is 2.33. The van der Waals surface area contributed by atoms with Gasteiger partial charge in [-0.05, 0) is 43.7 Å². The number of alkyl halides is 2. The van der Waals surface area contributed by atoms with Crippen LogP contribution in [0.3, 0.4) is 0 Å². The van der Waals surface area contributed by atoms with Crippen molar-refractivity contribution in [3.63, 3.8) is 0 Å². The van der Waals surface area contributed by atoms with Crippen molar-refractivity contribution in [1.29, 1.82) is 0 Å². The molecule has 8 nitrogen and oxygen atoms in total. The van der Waals surface area contributed by atoms with E-state index in [4.69, 9.17) is 4.74 Å². The normalized spacial score (nSPS) is 14.1. The molecule has 0 radical (unpaired) electrons. The first-order chi connectivity index (χ1) is 16.0. The Kier molecular flexibility index (Phi) is 5.99. The molecule has 4 rings (SSSR count). The third kappa shape index (κ3) is 4.70. The van der Waals surface area contributed by atoms with E-state index in [9.17, 15) is 23.5 Å². The number of hydrogen-bond donors (Lipinski definition) is 0. The highest BCUT2D eigenvalue weighted by molar-refractivity contribution is 5.99. The van der Waals surface area contributed by atoms with Gasteiger partial charge in [-0.15, -0.1) is 10.2 Å². The molecule has 1 aliphatic heterocycles. The second-order valence-corrected chi connectivity index (χ2v) is 8.31. The van der Waals surface area contributed by atoms with Gasteiger partial charge in [-0.3, -0.25) is 9.78 Å². The molecule has 1 atom stereocenters. The third-order valence-corrected chi connectivity index (χ3v) is 5.55. The molecule has 0 N–H and O–H groups in total. The van der Waals surface area contributed by atoms with E-state index in [0.29, 0.717) is 34.6 Å². The Balaban J connectivity index is 1.55. The molecule has 0 fully saturated rings. The molecule has 0 bridgehead atoms. The SMILES string of the molecule is Cc1cc(C(C)N2Cc3ccc(-c4cc(C(=O)[O-])ccn4)cc3C2=O)nnc1OCC(C)(F)F. The summed E-state index contributed by atoms with van der Waals surface area (Å²) in [5.74, 6) is -4.50. The fourth-order valence-electron chi connectivity index (χ4n) is 3.71. The second-order valence-electron chi connectivity index (χ2n) is 8.31. The molecule has 1 aromatic carbocycles. The summed E-state index contributed by atoms with van der Waals surface area (Å²) in [5.41, 5.74) is 3.35. The van der Waals surface area contributed by atoms with Crippen molar-refractivity contribution in [2.45, 2.75) is 39.3 Å². The van der Waals surface area contributed by atoms with Gasteiger partial charge in [0.2, 0.25) is 5.88 Å². The van der Waals surface area contributed by atoms with Crippen LogP contribution in [-0.2, 0) is 6.54 Å². The Morgan fingerprint density at radius 2 is 2.00 bits per heavy atom. The topological polar surface area (TPSA) is 108 Å². The lowest BCUT2D eigenvalue weighted by Crippen LogP contribution is -2.28. The number of aryl methyl sites for hydroxylation is 1. The summed E-state index contributed by atoms with van der Waals surface area (Å²) in [6, 6.07) is 9.24. The number of halogens is 2. The fourth-order valence-corrected chi connectivity index (χ4v) is 3.71. The second kappa shape index (κ2) is 8.77. The highest BCUT2D eigenvalue weighted by atomic mass is 19.3. The van der Waals surface area contributed by atoms with E-state index in [1.807, 2.05) is 0 Å². The lowest BCUT2D eigenvalue weighted by Gasteiger charge is -2.24. The van der Waals surface area contributed by atoms with Crippen LogP contribution in [0.15, 0.2) is 42.6 Å². The number of carbonyl (C=O) groups is 2. The van der Waals surface area contributed by atoms with Crippen molar-refractivity contribution in [3.8, 4) is 17.1 Å². The van der Waals surface area contributed by atoms with Crippen LogP contribution in [0.5, 0.6) is 5.88 Å². The molecule has 1 amide bonds. The molecule has 176 valence electrons. The number of benzene rings is 1. The maximum absolute atomic E-state index is 13.2. The summed E-state index contributed by atoms with van der Waals surface area (Å²) in [7, 11) is 0. The molecule has 3 aromatic rings. The predicted octanol–water partition coefficient (Wildman–Crippen LogP) is 2.96. The number of fused-ring (bicyclic) bond motifs is 1. The maximum atomic E-state index is 13.2. The van der Waals surface area contributed by atoms with Crippen molar-refractivity contribution in [1.82, 2.24) is 20.1 Å². The summed E-state index contributed by atoms with van der Waals surface area (Å²) in [5, 5.41) is 19.2. The van der Waals surface area contributed by atoms with Crippen LogP contribution in [0.25, 0.3) is 11.3 Å². The molecule has 2 aromatic heterocycles. The minimum absolute atomic E-state index is 0.00361. The average molecular weight is 467 g/mol. The number of carboxylic acids is 1. The molecule has 1 aliphatic rings. The monoisotopic (exact) mass is 467 g/mol. The van der Waals surface area contributed by atoms with Gasteiger partial charge in [-0.1, -0.05) is 12.1 Å². The van der Waals surface area contributed by atoms with Gasteiger partial charge in [0.1, 0.15) is 0 Å². The molecule has 0 saturated carbocycles. The first-order valence-electron chi connectivity index (χ1n) is 10.5. The standard InChI is InChI=1S/C24H22F2N4O4/c1-13-8-19(28-29-21(13)34-12-24(3,25)26)14(2)30-11-17-5-4-15(9-18(17)22(30)31)20-10-16(23(32)33)6-7-27-20/h4-10,14H,11-12H2,1-3H3,(H,32,33)/p-1. The van der Waals surface area contributed by atoms with Crippen LogP contribution in [0.2, 0.25) is 0 Å². The fraction of sp³-hybridized carbons (Fsp3) is 0.292. The molecule has 0 saturated heterocycles. The Hall–Kier alpha value is -3.95. The quantitative estimate of drug-likeness (QED) is 0.526. The lowest BCUT2D eigenvalue weighted by atomic mass is 10.0. The number of carboxylic acid groups (broad SMARTS) is 1. The van der Waals surface area contributed by atoms with Gasteiger partial charge < -0.3 is 19.5 Å². The first-order valence-corrected chi connectivity index (χ1v) is 10.5. The molecule has 1 unspecified atom stereocenters. The predicted molar refractivity (Wildman–Crippen MR) is 115 cm³/mol. The van der Waals surface area contributed by atoms with E-state index < -0.39 is 24.5 Å². The number of carbonyl (C=O) groups excluding carboxylic acids is 2. The van der Waals surface area contributed by atoms with Gasteiger partial charge in [0.15, 0.2) is 6.61 Å². The molecular weight excluding hydrogens is 446 g/mol. The van der Waals surface area contributed by atoms with Crippen molar-refractivity contribution in [2.24, 2.45) is 0 Å². The number of pyridine rings is 1. The first kappa shape index (κ1) is 23.2. The van der Waals surface area contributed by atoms with E-state index in [-0.39, 0.29) is 17.4 Å². The van der Waals surface area contributed by atoms with Crippen LogP contribution >= 0.6 is 0 Å². The van der Waals surface area contributed by atoms with Crippen molar-refractivity contribution in [3.05, 3.63) is 70.5 Å². The average Bonchev–Trinajstić information content (AvgIpc) is 3.13. The van der Waals surface area contributed by atoms with Gasteiger partial charge in [-0.25, -0.2) is 8.78 Å². The summed E-state index contributed by atoms with van der Waals surface area (Å²) in [4.78, 5) is 30.2.